The Morgan fingerprint density at radius 3 is 2.77 bits per heavy atom. The van der Waals surface area contributed by atoms with Crippen LogP contribution in [0.3, 0.4) is 0 Å². The van der Waals surface area contributed by atoms with E-state index in [1.54, 1.807) is 6.07 Å². The first kappa shape index (κ1) is 20.1. The molecule has 0 bridgehead atoms. The summed E-state index contributed by atoms with van der Waals surface area (Å²) in [6, 6.07) is 13.5. The fourth-order valence-corrected chi connectivity index (χ4v) is 4.26. The molecule has 1 saturated heterocycles. The summed E-state index contributed by atoms with van der Waals surface area (Å²) in [6.45, 7) is 2.00. The Kier molecular flexibility index (Phi) is 5.80. The van der Waals surface area contributed by atoms with Crippen molar-refractivity contribution >= 4 is 23.7 Å². The molecule has 1 aromatic heterocycles. The van der Waals surface area contributed by atoms with Crippen LogP contribution < -0.4 is 10.6 Å². The molecule has 1 fully saturated rings. The Bertz CT molecular complexity index is 1080. The molecule has 1 aliphatic rings. The number of urea groups is 1. The average Bonchev–Trinajstić information content (AvgIpc) is 3.08. The number of halogens is 1. The molecular formula is C21H20FN5O2S. The average molecular weight is 425 g/mol. The molecule has 1 aliphatic heterocycles. The van der Waals surface area contributed by atoms with Crippen LogP contribution in [-0.2, 0) is 17.0 Å². The number of benzene rings is 2. The van der Waals surface area contributed by atoms with E-state index in [0.29, 0.717) is 23.2 Å². The van der Waals surface area contributed by atoms with E-state index in [2.05, 4.69) is 20.8 Å². The molecule has 2 heterocycles. The van der Waals surface area contributed by atoms with Crippen LogP contribution in [0.25, 0.3) is 5.69 Å². The minimum atomic E-state index is -0.501. The van der Waals surface area contributed by atoms with Crippen molar-refractivity contribution < 1.29 is 14.0 Å². The number of hydrogen-bond donors (Lipinski definition) is 2. The highest BCUT2D eigenvalue weighted by molar-refractivity contribution is 7.98. The van der Waals surface area contributed by atoms with Crippen LogP contribution in [0, 0.1) is 12.7 Å². The Morgan fingerprint density at radius 2 is 2.00 bits per heavy atom. The van der Waals surface area contributed by atoms with Crippen LogP contribution in [0.1, 0.15) is 23.4 Å². The number of carbonyl (C=O) groups is 2. The number of aromatic nitrogens is 3. The van der Waals surface area contributed by atoms with E-state index in [1.807, 2.05) is 41.8 Å². The molecule has 3 aromatic rings. The number of hydrogen-bond acceptors (Lipinski definition) is 5. The predicted octanol–water partition coefficient (Wildman–Crippen LogP) is 3.15. The quantitative estimate of drug-likeness (QED) is 0.593. The van der Waals surface area contributed by atoms with Gasteiger partial charge in [0.1, 0.15) is 11.6 Å². The second-order valence-electron chi connectivity index (χ2n) is 7.12. The molecule has 7 nitrogen and oxygen atoms in total. The largest absolute Gasteiger partial charge is 0.334 e. The molecule has 154 valence electrons. The van der Waals surface area contributed by atoms with Crippen molar-refractivity contribution in [1.29, 1.82) is 0 Å². The van der Waals surface area contributed by atoms with Gasteiger partial charge in [0.05, 0.1) is 0 Å². The van der Waals surface area contributed by atoms with Gasteiger partial charge in [-0.15, -0.1) is 10.2 Å². The zero-order valence-electron chi connectivity index (χ0n) is 16.3. The monoisotopic (exact) mass is 425 g/mol. The summed E-state index contributed by atoms with van der Waals surface area (Å²) in [4.78, 5) is 23.4. The number of nitrogens with one attached hydrogen (secondary N) is 2. The van der Waals surface area contributed by atoms with Crippen molar-refractivity contribution in [2.45, 2.75) is 36.7 Å². The van der Waals surface area contributed by atoms with Gasteiger partial charge in [-0.3, -0.25) is 14.7 Å². The molecule has 30 heavy (non-hydrogen) atoms. The number of imide groups is 1. The number of thioether (sulfide) groups is 1. The highest BCUT2D eigenvalue weighted by Gasteiger charge is 2.26. The minimum Gasteiger partial charge on any atom is -0.334 e. The van der Waals surface area contributed by atoms with E-state index < -0.39 is 6.03 Å². The summed E-state index contributed by atoms with van der Waals surface area (Å²) < 4.78 is 15.4. The second-order valence-corrected chi connectivity index (χ2v) is 8.06. The Balaban J connectivity index is 1.63. The Morgan fingerprint density at radius 1 is 1.17 bits per heavy atom. The summed E-state index contributed by atoms with van der Waals surface area (Å²) in [7, 11) is 0. The van der Waals surface area contributed by atoms with Crippen LogP contribution in [-0.4, -0.2) is 32.7 Å². The topological polar surface area (TPSA) is 88.9 Å². The maximum atomic E-state index is 13.5. The van der Waals surface area contributed by atoms with E-state index in [1.165, 1.54) is 23.9 Å². The Hall–Kier alpha value is -3.20. The standard InChI is InChI=1S/C21H20FN5O2S/c1-13-4-2-7-17(8-13)27-18(10-16-11-19(28)24-20(29)23-16)25-26-21(27)30-12-14-5-3-6-15(22)9-14/h2-9,16H,10-12H2,1H3,(H2,23,24,28,29). The number of amides is 3. The lowest BCUT2D eigenvalue weighted by Gasteiger charge is -2.23. The van der Waals surface area contributed by atoms with Crippen LogP contribution in [0.15, 0.2) is 53.7 Å². The van der Waals surface area contributed by atoms with Gasteiger partial charge in [-0.25, -0.2) is 9.18 Å². The normalized spacial score (nSPS) is 16.3. The van der Waals surface area contributed by atoms with Gasteiger partial charge in [-0.05, 0) is 42.3 Å². The molecule has 3 amide bonds. The van der Waals surface area contributed by atoms with Gasteiger partial charge in [-0.1, -0.05) is 36.0 Å². The molecule has 0 radical (unpaired) electrons. The van der Waals surface area contributed by atoms with Crippen LogP contribution in [0.5, 0.6) is 0 Å². The maximum Gasteiger partial charge on any atom is 0.321 e. The van der Waals surface area contributed by atoms with Crippen molar-refractivity contribution in [1.82, 2.24) is 25.4 Å². The van der Waals surface area contributed by atoms with Gasteiger partial charge < -0.3 is 5.32 Å². The number of nitrogens with zero attached hydrogens (tertiary/aromatic N) is 3. The van der Waals surface area contributed by atoms with Gasteiger partial charge in [0.15, 0.2) is 5.16 Å². The van der Waals surface area contributed by atoms with E-state index in [-0.39, 0.29) is 24.2 Å². The molecule has 0 spiro atoms. The lowest BCUT2D eigenvalue weighted by molar-refractivity contribution is -0.121. The third-order valence-corrected chi connectivity index (χ3v) is 5.67. The molecule has 1 atom stereocenters. The molecule has 9 heteroatoms. The van der Waals surface area contributed by atoms with E-state index in [0.717, 1.165) is 16.8 Å². The van der Waals surface area contributed by atoms with Crippen molar-refractivity contribution in [2.24, 2.45) is 0 Å². The summed E-state index contributed by atoms with van der Waals surface area (Å²) in [6.07, 6.45) is 0.540. The molecule has 2 aromatic carbocycles. The Labute approximate surface area is 177 Å². The number of rotatable bonds is 6. The summed E-state index contributed by atoms with van der Waals surface area (Å²) >= 11 is 1.45. The van der Waals surface area contributed by atoms with E-state index >= 15 is 0 Å². The summed E-state index contributed by atoms with van der Waals surface area (Å²) in [5.74, 6) is 0.582. The first-order valence-corrected chi connectivity index (χ1v) is 10.5. The lowest BCUT2D eigenvalue weighted by Crippen LogP contribution is -2.53. The second kappa shape index (κ2) is 8.66. The highest BCUT2D eigenvalue weighted by atomic mass is 32.2. The van der Waals surface area contributed by atoms with Crippen molar-refractivity contribution in [3.63, 3.8) is 0 Å². The predicted molar refractivity (Wildman–Crippen MR) is 111 cm³/mol. The molecule has 2 N–H and O–H groups in total. The fourth-order valence-electron chi connectivity index (χ4n) is 3.34. The number of aryl methyl sites for hydroxylation is 1. The van der Waals surface area contributed by atoms with Crippen molar-refractivity contribution in [3.8, 4) is 5.69 Å². The van der Waals surface area contributed by atoms with Gasteiger partial charge in [0, 0.05) is 30.3 Å². The van der Waals surface area contributed by atoms with Gasteiger partial charge >= 0.3 is 6.03 Å². The van der Waals surface area contributed by atoms with Crippen molar-refractivity contribution in [3.05, 3.63) is 71.3 Å². The molecule has 4 rings (SSSR count). The maximum absolute atomic E-state index is 13.5. The molecular weight excluding hydrogens is 405 g/mol. The lowest BCUT2D eigenvalue weighted by atomic mass is 10.1. The van der Waals surface area contributed by atoms with Crippen LogP contribution in [0.2, 0.25) is 0 Å². The summed E-state index contributed by atoms with van der Waals surface area (Å²) in [5.41, 5.74) is 2.82. The van der Waals surface area contributed by atoms with Gasteiger partial charge in [0.25, 0.3) is 0 Å². The molecule has 0 saturated carbocycles. The van der Waals surface area contributed by atoms with E-state index in [4.69, 9.17) is 0 Å². The third kappa shape index (κ3) is 4.68. The zero-order valence-corrected chi connectivity index (χ0v) is 17.1. The van der Waals surface area contributed by atoms with E-state index in [9.17, 15) is 14.0 Å². The first-order chi connectivity index (χ1) is 14.5. The van der Waals surface area contributed by atoms with Crippen LogP contribution >= 0.6 is 11.8 Å². The first-order valence-electron chi connectivity index (χ1n) is 9.47. The van der Waals surface area contributed by atoms with Gasteiger partial charge in [0.2, 0.25) is 5.91 Å². The van der Waals surface area contributed by atoms with Crippen LogP contribution in [0.4, 0.5) is 9.18 Å². The smallest absolute Gasteiger partial charge is 0.321 e. The fraction of sp³-hybridized carbons (Fsp3) is 0.238. The highest BCUT2D eigenvalue weighted by Crippen LogP contribution is 2.26. The molecule has 0 aliphatic carbocycles. The zero-order chi connectivity index (χ0) is 21.1. The summed E-state index contributed by atoms with van der Waals surface area (Å²) in [5, 5.41) is 14.3. The molecule has 1 unspecified atom stereocenters. The third-order valence-electron chi connectivity index (χ3n) is 4.67. The number of carbonyl (C=O) groups excluding carboxylic acids is 2. The van der Waals surface area contributed by atoms with Crippen molar-refractivity contribution in [2.75, 3.05) is 0 Å². The SMILES string of the molecule is Cc1cccc(-n2c(CC3CC(=O)NC(=O)N3)nnc2SCc2cccc(F)c2)c1. The minimum absolute atomic E-state index is 0.179. The van der Waals surface area contributed by atoms with Gasteiger partial charge in [-0.2, -0.15) is 0 Å².